The van der Waals surface area contributed by atoms with Crippen LogP contribution in [-0.2, 0) is 11.3 Å². The molecule has 2 amide bonds. The molecule has 1 aliphatic rings. The lowest BCUT2D eigenvalue weighted by Crippen LogP contribution is -2.28. The van der Waals surface area contributed by atoms with Gasteiger partial charge in [-0.2, -0.15) is 0 Å². The predicted molar refractivity (Wildman–Crippen MR) is 107 cm³/mol. The van der Waals surface area contributed by atoms with Crippen LogP contribution in [0.5, 0.6) is 0 Å². The van der Waals surface area contributed by atoms with Crippen LogP contribution in [0.4, 0.5) is 9.18 Å². The first-order valence-electron chi connectivity index (χ1n) is 8.20. The number of hydrogen-bond donors (Lipinski definition) is 0. The zero-order valence-electron chi connectivity index (χ0n) is 14.0. The summed E-state index contributed by atoms with van der Waals surface area (Å²) in [6, 6.07) is 17.9. The molecule has 4 rings (SSSR count). The number of imide groups is 1. The highest BCUT2D eigenvalue weighted by Crippen LogP contribution is 2.35. The first kappa shape index (κ1) is 17.8. The molecule has 0 aliphatic carbocycles. The molecule has 0 aromatic heterocycles. The van der Waals surface area contributed by atoms with Crippen molar-refractivity contribution < 1.29 is 14.0 Å². The molecule has 3 nitrogen and oxygen atoms in total. The number of benzene rings is 3. The molecule has 3 aromatic rings. The van der Waals surface area contributed by atoms with Gasteiger partial charge in [0.05, 0.1) is 11.4 Å². The summed E-state index contributed by atoms with van der Waals surface area (Å²) in [5.41, 5.74) is 0.982. The van der Waals surface area contributed by atoms with Crippen LogP contribution in [0, 0.1) is 5.82 Å². The number of halogens is 2. The molecule has 1 aliphatic heterocycles. The molecule has 0 radical (unpaired) electrons. The molecule has 134 valence electrons. The fourth-order valence-corrected chi connectivity index (χ4v) is 4.05. The molecule has 0 N–H and O–H groups in total. The van der Waals surface area contributed by atoms with Crippen LogP contribution in [0.1, 0.15) is 11.1 Å². The molecule has 0 unspecified atom stereocenters. The van der Waals surface area contributed by atoms with Gasteiger partial charge in [0.25, 0.3) is 11.1 Å². The van der Waals surface area contributed by atoms with Crippen molar-refractivity contribution in [2.24, 2.45) is 0 Å². The Morgan fingerprint density at radius 3 is 2.56 bits per heavy atom. The monoisotopic (exact) mass is 397 g/mol. The lowest BCUT2D eigenvalue weighted by molar-refractivity contribution is -0.123. The molecule has 6 heteroatoms. The summed E-state index contributed by atoms with van der Waals surface area (Å²) >= 11 is 6.87. The van der Waals surface area contributed by atoms with Crippen molar-refractivity contribution in [2.45, 2.75) is 6.54 Å². The number of thioether (sulfide) groups is 1. The van der Waals surface area contributed by atoms with E-state index in [4.69, 9.17) is 11.6 Å². The van der Waals surface area contributed by atoms with Gasteiger partial charge in [0.15, 0.2) is 0 Å². The maximum atomic E-state index is 14.0. The number of carbonyl (C=O) groups excluding carboxylic acids is 2. The highest BCUT2D eigenvalue weighted by atomic mass is 35.5. The maximum absolute atomic E-state index is 14.0. The molecule has 3 aromatic carbocycles. The molecule has 0 bridgehead atoms. The Bertz CT molecular complexity index is 1090. The highest BCUT2D eigenvalue weighted by molar-refractivity contribution is 8.18. The summed E-state index contributed by atoms with van der Waals surface area (Å²) in [5.74, 6) is -0.989. The van der Waals surface area contributed by atoms with E-state index in [9.17, 15) is 14.0 Å². The van der Waals surface area contributed by atoms with Crippen molar-refractivity contribution in [1.82, 2.24) is 4.90 Å². The van der Waals surface area contributed by atoms with Gasteiger partial charge in [-0.05, 0) is 46.3 Å². The number of amides is 2. The third kappa shape index (κ3) is 3.36. The van der Waals surface area contributed by atoms with E-state index in [1.54, 1.807) is 6.08 Å². The van der Waals surface area contributed by atoms with E-state index in [2.05, 4.69) is 0 Å². The average Bonchev–Trinajstić information content (AvgIpc) is 2.92. The standard InChI is InChI=1S/C21H13ClFNO2S/c22-17-9-4-10-18(23)16(17)12-24-20(25)19(27-21(24)26)11-14-7-3-6-13-5-1-2-8-15(13)14/h1-11H,12H2/b19-11-. The molecule has 0 saturated carbocycles. The van der Waals surface area contributed by atoms with E-state index >= 15 is 0 Å². The summed E-state index contributed by atoms with van der Waals surface area (Å²) in [5, 5.41) is 1.78. The second kappa shape index (κ2) is 7.18. The van der Waals surface area contributed by atoms with Crippen LogP contribution in [0.3, 0.4) is 0 Å². The van der Waals surface area contributed by atoms with Crippen LogP contribution in [0.25, 0.3) is 16.8 Å². The maximum Gasteiger partial charge on any atom is 0.293 e. The Hall–Kier alpha value is -2.63. The normalized spacial score (nSPS) is 15.9. The van der Waals surface area contributed by atoms with E-state index in [0.29, 0.717) is 4.91 Å². The lowest BCUT2D eigenvalue weighted by Gasteiger charge is -2.14. The van der Waals surface area contributed by atoms with Gasteiger partial charge in [-0.1, -0.05) is 60.1 Å². The number of carbonyl (C=O) groups is 2. The third-order valence-corrected chi connectivity index (χ3v) is 5.62. The summed E-state index contributed by atoms with van der Waals surface area (Å²) in [4.78, 5) is 26.4. The number of fused-ring (bicyclic) bond motifs is 1. The Labute approximate surface area is 164 Å². The van der Waals surface area contributed by atoms with Gasteiger partial charge >= 0.3 is 0 Å². The van der Waals surface area contributed by atoms with Crippen molar-refractivity contribution >= 4 is 51.4 Å². The smallest absolute Gasteiger partial charge is 0.268 e. The Morgan fingerprint density at radius 1 is 1.00 bits per heavy atom. The van der Waals surface area contributed by atoms with Gasteiger partial charge in [0.1, 0.15) is 5.82 Å². The van der Waals surface area contributed by atoms with E-state index in [1.165, 1.54) is 18.2 Å². The summed E-state index contributed by atoms with van der Waals surface area (Å²) in [6.45, 7) is -0.191. The Kier molecular flexibility index (Phi) is 4.72. The van der Waals surface area contributed by atoms with Gasteiger partial charge in [-0.15, -0.1) is 0 Å². The van der Waals surface area contributed by atoms with Crippen molar-refractivity contribution in [2.75, 3.05) is 0 Å². The number of rotatable bonds is 3. The number of hydrogen-bond acceptors (Lipinski definition) is 3. The average molecular weight is 398 g/mol. The topological polar surface area (TPSA) is 37.4 Å². The van der Waals surface area contributed by atoms with E-state index in [0.717, 1.165) is 33.0 Å². The summed E-state index contributed by atoms with van der Waals surface area (Å²) in [6.07, 6.45) is 1.70. The van der Waals surface area contributed by atoms with Crippen LogP contribution >= 0.6 is 23.4 Å². The zero-order chi connectivity index (χ0) is 19.0. The number of nitrogens with zero attached hydrogens (tertiary/aromatic N) is 1. The quantitative estimate of drug-likeness (QED) is 0.519. The minimum atomic E-state index is -0.542. The second-order valence-corrected chi connectivity index (χ2v) is 7.44. The molecule has 1 heterocycles. The van der Waals surface area contributed by atoms with Crippen LogP contribution in [0.15, 0.2) is 65.6 Å². The largest absolute Gasteiger partial charge is 0.293 e. The zero-order valence-corrected chi connectivity index (χ0v) is 15.6. The minimum absolute atomic E-state index is 0.132. The fraction of sp³-hybridized carbons (Fsp3) is 0.0476. The highest BCUT2D eigenvalue weighted by Gasteiger charge is 2.35. The summed E-state index contributed by atoms with van der Waals surface area (Å²) < 4.78 is 14.0. The van der Waals surface area contributed by atoms with Crippen molar-refractivity contribution in [1.29, 1.82) is 0 Å². The van der Waals surface area contributed by atoms with Crippen molar-refractivity contribution in [3.05, 3.63) is 87.5 Å². The van der Waals surface area contributed by atoms with E-state index < -0.39 is 17.0 Å². The molecular formula is C21H13ClFNO2S. The van der Waals surface area contributed by atoms with Gasteiger partial charge < -0.3 is 0 Å². The second-order valence-electron chi connectivity index (χ2n) is 6.04. The fourth-order valence-electron chi connectivity index (χ4n) is 3.00. The minimum Gasteiger partial charge on any atom is -0.268 e. The first-order chi connectivity index (χ1) is 13.0. The molecule has 0 atom stereocenters. The van der Waals surface area contributed by atoms with Crippen LogP contribution < -0.4 is 0 Å². The molecule has 1 fully saturated rings. The first-order valence-corrected chi connectivity index (χ1v) is 9.40. The van der Waals surface area contributed by atoms with Gasteiger partial charge in [-0.25, -0.2) is 4.39 Å². The summed E-state index contributed by atoms with van der Waals surface area (Å²) in [7, 11) is 0. The molecular weight excluding hydrogens is 385 g/mol. The van der Waals surface area contributed by atoms with Crippen molar-refractivity contribution in [3.8, 4) is 0 Å². The predicted octanol–water partition coefficient (Wildman–Crippen LogP) is 5.87. The molecule has 1 saturated heterocycles. The molecule has 0 spiro atoms. The third-order valence-electron chi connectivity index (χ3n) is 4.36. The Morgan fingerprint density at radius 2 is 1.74 bits per heavy atom. The van der Waals surface area contributed by atoms with Gasteiger partial charge in [0.2, 0.25) is 0 Å². The van der Waals surface area contributed by atoms with Gasteiger partial charge in [0, 0.05) is 10.6 Å². The van der Waals surface area contributed by atoms with E-state index in [-0.39, 0.29) is 17.1 Å². The lowest BCUT2D eigenvalue weighted by atomic mass is 10.0. The van der Waals surface area contributed by atoms with E-state index in [1.807, 2.05) is 42.5 Å². The Balaban J connectivity index is 1.67. The molecule has 27 heavy (non-hydrogen) atoms. The van der Waals surface area contributed by atoms with Crippen LogP contribution in [0.2, 0.25) is 5.02 Å². The van der Waals surface area contributed by atoms with Crippen LogP contribution in [-0.4, -0.2) is 16.0 Å². The van der Waals surface area contributed by atoms with Crippen molar-refractivity contribution in [3.63, 3.8) is 0 Å². The van der Waals surface area contributed by atoms with Gasteiger partial charge in [-0.3, -0.25) is 14.5 Å². The SMILES string of the molecule is O=C1S/C(=C\c2cccc3ccccc23)C(=O)N1Cc1c(F)cccc1Cl.